The second-order valence-electron chi connectivity index (χ2n) is 8.79. The van der Waals surface area contributed by atoms with E-state index in [1.807, 2.05) is 31.2 Å². The zero-order chi connectivity index (χ0) is 24.5. The van der Waals surface area contributed by atoms with Gasteiger partial charge in [-0.1, -0.05) is 66.2 Å². The summed E-state index contributed by atoms with van der Waals surface area (Å²) >= 11 is 6.16. The molecule has 2 heterocycles. The van der Waals surface area contributed by atoms with Crippen molar-refractivity contribution < 1.29 is 13.2 Å². The van der Waals surface area contributed by atoms with Crippen molar-refractivity contribution in [1.29, 1.82) is 0 Å². The Hall–Kier alpha value is -2.83. The highest BCUT2D eigenvalue weighted by molar-refractivity contribution is 6.31. The van der Waals surface area contributed by atoms with Crippen molar-refractivity contribution in [2.24, 2.45) is 0 Å². The first-order chi connectivity index (χ1) is 16.1. The van der Waals surface area contributed by atoms with Crippen LogP contribution in [0.4, 0.5) is 13.2 Å². The highest BCUT2D eigenvalue weighted by atomic mass is 35.5. The van der Waals surface area contributed by atoms with E-state index in [0.29, 0.717) is 17.8 Å². The van der Waals surface area contributed by atoms with Gasteiger partial charge in [0, 0.05) is 36.6 Å². The minimum atomic E-state index is -4.19. The van der Waals surface area contributed by atoms with Gasteiger partial charge in [0.2, 0.25) is 5.43 Å². The van der Waals surface area contributed by atoms with E-state index in [0.717, 1.165) is 41.9 Å². The van der Waals surface area contributed by atoms with Gasteiger partial charge in [-0.3, -0.25) is 9.69 Å². The van der Waals surface area contributed by atoms with Crippen LogP contribution in [-0.2, 0) is 13.0 Å². The minimum Gasteiger partial charge on any atom is -0.361 e. The molecule has 0 fully saturated rings. The molecule has 0 saturated heterocycles. The fraction of sp³-hybridized carbons (Fsp3) is 0.296. The molecule has 4 rings (SSSR count). The third-order valence-corrected chi connectivity index (χ3v) is 6.63. The summed E-state index contributed by atoms with van der Waals surface area (Å²) in [6.07, 6.45) is -2.01. The van der Waals surface area contributed by atoms with E-state index in [1.54, 1.807) is 31.2 Å². The Morgan fingerprint density at radius 3 is 2.15 bits per heavy atom. The fourth-order valence-corrected chi connectivity index (χ4v) is 4.56. The summed E-state index contributed by atoms with van der Waals surface area (Å²) in [6.45, 7) is 5.99. The highest BCUT2D eigenvalue weighted by Crippen LogP contribution is 2.28. The van der Waals surface area contributed by atoms with Gasteiger partial charge in [-0.15, -0.1) is 0 Å². The predicted molar refractivity (Wildman–Crippen MR) is 131 cm³/mol. The van der Waals surface area contributed by atoms with Crippen LogP contribution in [0.1, 0.15) is 34.5 Å². The molecule has 7 heteroatoms. The number of hydrogen-bond acceptors (Lipinski definition) is 2. The van der Waals surface area contributed by atoms with Crippen LogP contribution in [-0.4, -0.2) is 29.1 Å². The summed E-state index contributed by atoms with van der Waals surface area (Å²) in [5.74, 6) is 0. The third-order valence-electron chi connectivity index (χ3n) is 6.18. The van der Waals surface area contributed by atoms with Gasteiger partial charge in [0.15, 0.2) is 0 Å². The number of benzene rings is 2. The van der Waals surface area contributed by atoms with Crippen LogP contribution in [0.25, 0.3) is 16.7 Å². The van der Waals surface area contributed by atoms with E-state index in [9.17, 15) is 18.0 Å². The maximum absolute atomic E-state index is 12.6. The Bertz CT molecular complexity index is 1260. The largest absolute Gasteiger partial charge is 0.393 e. The molecular formula is C27H26ClF3N2O. The Balaban J connectivity index is 1.41. The van der Waals surface area contributed by atoms with Gasteiger partial charge in [0.25, 0.3) is 0 Å². The molecule has 0 radical (unpaired) electrons. The van der Waals surface area contributed by atoms with Gasteiger partial charge in [-0.25, -0.2) is 0 Å². The second kappa shape index (κ2) is 9.80. The molecule has 0 saturated carbocycles. The zero-order valence-electron chi connectivity index (χ0n) is 19.1. The molecule has 178 valence electrons. The molecular weight excluding hydrogens is 461 g/mol. The molecule has 34 heavy (non-hydrogen) atoms. The number of aryl methyl sites for hydroxylation is 2. The molecule has 3 aromatic rings. The molecule has 0 unspecified atom stereocenters. The molecule has 0 amide bonds. The Labute approximate surface area is 201 Å². The van der Waals surface area contributed by atoms with Gasteiger partial charge in [-0.05, 0) is 48.1 Å². The molecule has 1 aliphatic heterocycles. The van der Waals surface area contributed by atoms with Crippen LogP contribution >= 0.6 is 11.6 Å². The number of nitrogens with zero attached hydrogens (tertiary/aromatic N) is 1. The number of nitrogens with one attached hydrogen (secondary N) is 1. The Morgan fingerprint density at radius 1 is 0.941 bits per heavy atom. The van der Waals surface area contributed by atoms with Crippen molar-refractivity contribution in [1.82, 2.24) is 9.88 Å². The Morgan fingerprint density at radius 2 is 1.56 bits per heavy atom. The van der Waals surface area contributed by atoms with E-state index >= 15 is 0 Å². The van der Waals surface area contributed by atoms with Gasteiger partial charge in [0.1, 0.15) is 5.02 Å². The summed E-state index contributed by atoms with van der Waals surface area (Å²) in [6, 6.07) is 14.6. The quantitative estimate of drug-likeness (QED) is 0.435. The molecule has 0 atom stereocenters. The standard InChI is InChI=1S/C27H26ClF3N2O/c1-17-24(26(34)25(28)18(2)32-17)23-9-7-21(8-10-23)22-11-13-33(14-12-22)16-20-5-3-19(4-6-20)15-27(29,30)31/h3-11H,12-16H2,1-2H3,(H,32,34). The molecule has 0 spiro atoms. The number of aromatic amines is 1. The molecule has 3 nitrogen and oxygen atoms in total. The fourth-order valence-electron chi connectivity index (χ4n) is 4.42. The lowest BCUT2D eigenvalue weighted by atomic mass is 9.96. The smallest absolute Gasteiger partial charge is 0.361 e. The molecule has 1 aliphatic rings. The van der Waals surface area contributed by atoms with Crippen molar-refractivity contribution in [2.75, 3.05) is 13.1 Å². The van der Waals surface area contributed by atoms with Gasteiger partial charge >= 0.3 is 6.18 Å². The number of rotatable bonds is 5. The number of aromatic nitrogens is 1. The summed E-state index contributed by atoms with van der Waals surface area (Å²) < 4.78 is 37.6. The SMILES string of the molecule is Cc1[nH]c(C)c(-c2ccc(C3=CCN(Cc4ccc(CC(F)(F)F)cc4)CC3)cc2)c(=O)c1Cl. The van der Waals surface area contributed by atoms with E-state index in [4.69, 9.17) is 11.6 Å². The number of alkyl halides is 3. The summed E-state index contributed by atoms with van der Waals surface area (Å²) in [5, 5.41) is 0.217. The van der Waals surface area contributed by atoms with Gasteiger partial charge in [-0.2, -0.15) is 13.2 Å². The van der Waals surface area contributed by atoms with Gasteiger partial charge in [0.05, 0.1) is 6.42 Å². The van der Waals surface area contributed by atoms with Crippen LogP contribution in [0.3, 0.4) is 0 Å². The van der Waals surface area contributed by atoms with Crippen LogP contribution in [0.15, 0.2) is 59.4 Å². The topological polar surface area (TPSA) is 36.1 Å². The zero-order valence-corrected chi connectivity index (χ0v) is 19.9. The van der Waals surface area contributed by atoms with Gasteiger partial charge < -0.3 is 4.98 Å². The second-order valence-corrected chi connectivity index (χ2v) is 9.17. The number of hydrogen-bond donors (Lipinski definition) is 1. The van der Waals surface area contributed by atoms with E-state index in [1.165, 1.54) is 5.57 Å². The molecule has 0 bridgehead atoms. The van der Waals surface area contributed by atoms with Crippen LogP contribution < -0.4 is 5.43 Å². The lowest BCUT2D eigenvalue weighted by Gasteiger charge is -2.26. The molecule has 1 aromatic heterocycles. The normalized spacial score (nSPS) is 14.8. The number of halogens is 4. The summed E-state index contributed by atoms with van der Waals surface area (Å²) in [7, 11) is 0. The lowest BCUT2D eigenvalue weighted by Crippen LogP contribution is -2.28. The number of pyridine rings is 1. The van der Waals surface area contributed by atoms with Crippen LogP contribution in [0, 0.1) is 13.8 Å². The predicted octanol–water partition coefficient (Wildman–Crippen LogP) is 6.71. The maximum Gasteiger partial charge on any atom is 0.393 e. The molecule has 0 aliphatic carbocycles. The first-order valence-corrected chi connectivity index (χ1v) is 11.5. The van der Waals surface area contributed by atoms with E-state index in [2.05, 4.69) is 16.0 Å². The first kappa shape index (κ1) is 24.3. The summed E-state index contributed by atoms with van der Waals surface area (Å²) in [4.78, 5) is 18.1. The lowest BCUT2D eigenvalue weighted by molar-refractivity contribution is -0.127. The molecule has 2 aromatic carbocycles. The van der Waals surface area contributed by atoms with E-state index < -0.39 is 12.6 Å². The monoisotopic (exact) mass is 486 g/mol. The van der Waals surface area contributed by atoms with E-state index in [-0.39, 0.29) is 16.0 Å². The average molecular weight is 487 g/mol. The van der Waals surface area contributed by atoms with Crippen molar-refractivity contribution >= 4 is 17.2 Å². The van der Waals surface area contributed by atoms with Crippen molar-refractivity contribution in [2.45, 2.75) is 39.4 Å². The van der Waals surface area contributed by atoms with Crippen LogP contribution in [0.5, 0.6) is 0 Å². The average Bonchev–Trinajstić information content (AvgIpc) is 2.79. The Kier molecular flexibility index (Phi) is 7.01. The maximum atomic E-state index is 12.6. The highest BCUT2D eigenvalue weighted by Gasteiger charge is 2.27. The summed E-state index contributed by atoms with van der Waals surface area (Å²) in [5.41, 5.74) is 6.36. The number of H-pyrrole nitrogens is 1. The van der Waals surface area contributed by atoms with Crippen molar-refractivity contribution in [3.63, 3.8) is 0 Å². The van der Waals surface area contributed by atoms with Crippen molar-refractivity contribution in [3.05, 3.63) is 97.9 Å². The van der Waals surface area contributed by atoms with Crippen LogP contribution in [0.2, 0.25) is 5.02 Å². The molecule has 1 N–H and O–H groups in total. The van der Waals surface area contributed by atoms with Crippen molar-refractivity contribution in [3.8, 4) is 11.1 Å². The first-order valence-electron chi connectivity index (χ1n) is 11.2. The third kappa shape index (κ3) is 5.62. The minimum absolute atomic E-state index is 0.165.